The van der Waals surface area contributed by atoms with Crippen LogP contribution in [0.5, 0.6) is 0 Å². The molecule has 0 bridgehead atoms. The SMILES string of the molecule is CC1(C)c2ccccc2-c2ccc(N(c3ccc(-c4ccc5c(c4)C4(c6ccccc6-5)c5ccccc5-c5c4oc4ccccc54)cc3)c3cccc(-c4ccc5c6c(oc5c4)C4(c5ccccc5-c5ccccc54)c4ccc(-c5ccc(N(c7ccccc7)c7ccccc7)cc5)cc4-6)c3)cc21. The Hall–Kier alpha value is -13.0. The van der Waals surface area contributed by atoms with E-state index in [0.29, 0.717) is 0 Å². The number of benzene rings is 15. The molecule has 0 saturated carbocycles. The van der Waals surface area contributed by atoms with Crippen molar-refractivity contribution < 1.29 is 8.83 Å². The zero-order valence-electron chi connectivity index (χ0n) is 56.7. The number of para-hydroxylation sites is 3. The molecule has 4 heteroatoms. The van der Waals surface area contributed by atoms with Gasteiger partial charge in [-0.15, -0.1) is 0 Å². The van der Waals surface area contributed by atoms with Gasteiger partial charge in [-0.2, -0.15) is 0 Å². The van der Waals surface area contributed by atoms with E-state index in [2.05, 4.69) is 375 Å². The van der Waals surface area contributed by atoms with Crippen molar-refractivity contribution in [3.05, 3.63) is 408 Å². The van der Waals surface area contributed by atoms with Gasteiger partial charge in [0.15, 0.2) is 0 Å². The van der Waals surface area contributed by atoms with Gasteiger partial charge in [-0.05, 0) is 226 Å². The summed E-state index contributed by atoms with van der Waals surface area (Å²) >= 11 is 0. The summed E-state index contributed by atoms with van der Waals surface area (Å²) in [6, 6.07) is 130. The second-order valence-corrected chi connectivity index (χ2v) is 28.9. The van der Waals surface area contributed by atoms with E-state index in [-0.39, 0.29) is 5.41 Å². The number of fused-ring (bicyclic) bond motifs is 27. The molecule has 0 aliphatic heterocycles. The highest BCUT2D eigenvalue weighted by Crippen LogP contribution is 2.67. The molecule has 4 nitrogen and oxygen atoms in total. The first-order valence-electron chi connectivity index (χ1n) is 35.9. The summed E-state index contributed by atoms with van der Waals surface area (Å²) < 4.78 is 14.7. The number of hydrogen-bond acceptors (Lipinski definition) is 4. The van der Waals surface area contributed by atoms with Gasteiger partial charge in [0.05, 0.1) is 0 Å². The molecule has 1 atom stereocenters. The molecule has 5 aliphatic rings. The normalized spacial score (nSPS) is 15.1. The lowest BCUT2D eigenvalue weighted by atomic mass is 9.73. The molecule has 15 aromatic carbocycles. The zero-order chi connectivity index (χ0) is 67.9. The topological polar surface area (TPSA) is 32.8 Å². The number of furan rings is 2. The molecule has 0 N–H and O–H groups in total. The summed E-state index contributed by atoms with van der Waals surface area (Å²) in [6.45, 7) is 4.74. The number of anilines is 6. The Balaban J connectivity index is 0.666. The molecule has 1 unspecified atom stereocenters. The quantitative estimate of drug-likeness (QED) is 0.144. The molecular formula is C99H64N2O2. The molecule has 2 aromatic heterocycles. The third kappa shape index (κ3) is 7.95. The van der Waals surface area contributed by atoms with Crippen LogP contribution in [0.2, 0.25) is 0 Å². The fourth-order valence-corrected chi connectivity index (χ4v) is 19.0. The van der Waals surface area contributed by atoms with E-state index in [4.69, 9.17) is 8.83 Å². The van der Waals surface area contributed by atoms with Crippen LogP contribution in [0, 0.1) is 0 Å². The molecule has 2 spiro atoms. The van der Waals surface area contributed by atoms with E-state index in [1.807, 2.05) is 0 Å². The molecule has 22 rings (SSSR count). The smallest absolute Gasteiger partial charge is 0.135 e. The lowest BCUT2D eigenvalue weighted by Gasteiger charge is -2.29. The Morgan fingerprint density at radius 1 is 0.214 bits per heavy atom. The largest absolute Gasteiger partial charge is 0.459 e. The van der Waals surface area contributed by atoms with Crippen molar-refractivity contribution in [3.8, 4) is 89.0 Å². The maximum absolute atomic E-state index is 7.62. The Morgan fingerprint density at radius 3 is 1.23 bits per heavy atom. The van der Waals surface area contributed by atoms with Gasteiger partial charge in [-0.25, -0.2) is 0 Å². The minimum atomic E-state index is -0.663. The third-order valence-electron chi connectivity index (χ3n) is 23.5. The first-order valence-corrected chi connectivity index (χ1v) is 35.9. The van der Waals surface area contributed by atoms with Crippen LogP contribution in [0.4, 0.5) is 34.1 Å². The van der Waals surface area contributed by atoms with Gasteiger partial charge < -0.3 is 18.6 Å². The van der Waals surface area contributed by atoms with Gasteiger partial charge in [0.25, 0.3) is 0 Å². The van der Waals surface area contributed by atoms with E-state index in [0.717, 1.165) is 107 Å². The van der Waals surface area contributed by atoms with Crippen molar-refractivity contribution in [1.29, 1.82) is 0 Å². The highest BCUT2D eigenvalue weighted by Gasteiger charge is 2.57. The maximum atomic E-state index is 7.62. The average Bonchev–Trinajstić information content (AvgIpc) is 1.50. The molecule has 5 aliphatic carbocycles. The van der Waals surface area contributed by atoms with E-state index in [1.165, 1.54) is 94.6 Å². The first kappa shape index (κ1) is 57.8. The number of hydrogen-bond donors (Lipinski definition) is 0. The molecule has 0 saturated heterocycles. The van der Waals surface area contributed by atoms with E-state index in [1.54, 1.807) is 0 Å². The summed E-state index contributed by atoms with van der Waals surface area (Å²) in [5.41, 5.74) is 36.1. The Bertz CT molecular complexity index is 6330. The summed E-state index contributed by atoms with van der Waals surface area (Å²) in [5, 5.41) is 2.25. The Kier molecular flexibility index (Phi) is 12.1. The average molecular weight is 1310 g/mol. The Labute approximate surface area is 597 Å². The third-order valence-corrected chi connectivity index (χ3v) is 23.5. The lowest BCUT2D eigenvalue weighted by Crippen LogP contribution is -2.25. The van der Waals surface area contributed by atoms with Crippen LogP contribution in [0.3, 0.4) is 0 Å². The monoisotopic (exact) mass is 1310 g/mol. The van der Waals surface area contributed by atoms with Crippen LogP contribution >= 0.6 is 0 Å². The predicted octanol–water partition coefficient (Wildman–Crippen LogP) is 26.1. The molecule has 2 heterocycles. The molecule has 103 heavy (non-hydrogen) atoms. The summed E-state index contributed by atoms with van der Waals surface area (Å²) in [6.07, 6.45) is 0. The van der Waals surface area contributed by atoms with Crippen LogP contribution in [0.1, 0.15) is 69.9 Å². The van der Waals surface area contributed by atoms with Crippen LogP contribution < -0.4 is 9.80 Å². The van der Waals surface area contributed by atoms with E-state index in [9.17, 15) is 0 Å². The standard InChI is InChI=1S/C99H64N2O2/c1-97(2)83-34-15-9-28-73(83)77-54-51-72(60-89(77)97)101(70-49-42-62(43-50-70)65-44-52-78-76-31-12-18-37-86(76)99(90(78)58-65)87-38-19-13-32-79(87)93-80-33-14-20-39-91(80)102-95(93)99)71-27-21-22-63(56-71)66-45-53-81-92(59-66)103-96-94(81)82-57-64(46-55-88(82)98(96)84-35-16-10-29-74(84)75-30-11-17-36-85(75)98)61-40-47-69(48-41-61)100(67-23-5-3-6-24-67)68-25-7-4-8-26-68/h3-60H,1-2H3. The van der Waals surface area contributed by atoms with Gasteiger partial charge >= 0.3 is 0 Å². The first-order chi connectivity index (χ1) is 50.8. The fraction of sp³-hybridized carbons (Fsp3) is 0.0505. The van der Waals surface area contributed by atoms with Crippen molar-refractivity contribution in [2.75, 3.05) is 9.80 Å². The van der Waals surface area contributed by atoms with Crippen molar-refractivity contribution in [2.24, 2.45) is 0 Å². The van der Waals surface area contributed by atoms with Gasteiger partial charge in [0, 0.05) is 61.4 Å². The van der Waals surface area contributed by atoms with Crippen LogP contribution in [-0.4, -0.2) is 0 Å². The maximum Gasteiger partial charge on any atom is 0.135 e. The van der Waals surface area contributed by atoms with Gasteiger partial charge in [-0.1, -0.05) is 263 Å². The fourth-order valence-electron chi connectivity index (χ4n) is 19.0. The lowest BCUT2D eigenvalue weighted by molar-refractivity contribution is 0.506. The van der Waals surface area contributed by atoms with Crippen LogP contribution in [-0.2, 0) is 16.2 Å². The van der Waals surface area contributed by atoms with Crippen molar-refractivity contribution in [1.82, 2.24) is 0 Å². The van der Waals surface area contributed by atoms with Crippen molar-refractivity contribution in [2.45, 2.75) is 30.1 Å². The number of rotatable bonds is 9. The highest BCUT2D eigenvalue weighted by molar-refractivity contribution is 6.08. The van der Waals surface area contributed by atoms with Crippen LogP contribution in [0.15, 0.2) is 361 Å². The minimum absolute atomic E-state index is 0.200. The summed E-state index contributed by atoms with van der Waals surface area (Å²) in [4.78, 5) is 4.77. The zero-order valence-corrected chi connectivity index (χ0v) is 56.7. The van der Waals surface area contributed by atoms with E-state index < -0.39 is 10.8 Å². The highest BCUT2D eigenvalue weighted by atomic mass is 16.3. The van der Waals surface area contributed by atoms with Crippen molar-refractivity contribution in [3.63, 3.8) is 0 Å². The van der Waals surface area contributed by atoms with Gasteiger partial charge in [-0.3, -0.25) is 0 Å². The molecule has 0 fully saturated rings. The second kappa shape index (κ2) is 21.5. The van der Waals surface area contributed by atoms with E-state index >= 15 is 0 Å². The predicted molar refractivity (Wildman–Crippen MR) is 422 cm³/mol. The number of nitrogens with zero attached hydrogens (tertiary/aromatic N) is 2. The van der Waals surface area contributed by atoms with Gasteiger partial charge in [0.1, 0.15) is 33.5 Å². The van der Waals surface area contributed by atoms with Crippen LogP contribution in [0.25, 0.3) is 111 Å². The second-order valence-electron chi connectivity index (χ2n) is 28.9. The molecular weight excluding hydrogens is 1250 g/mol. The molecule has 0 amide bonds. The summed E-state index contributed by atoms with van der Waals surface area (Å²) in [7, 11) is 0. The summed E-state index contributed by atoms with van der Waals surface area (Å²) in [5.74, 6) is 1.98. The molecule has 482 valence electrons. The van der Waals surface area contributed by atoms with Gasteiger partial charge in [0.2, 0.25) is 0 Å². The van der Waals surface area contributed by atoms with Crippen molar-refractivity contribution >= 4 is 56.1 Å². The molecule has 0 radical (unpaired) electrons. The minimum Gasteiger partial charge on any atom is -0.459 e. The Morgan fingerprint density at radius 2 is 0.592 bits per heavy atom. The molecule has 17 aromatic rings.